The molecule has 3 nitrogen and oxygen atoms in total. The molecule has 3 atom stereocenters. The zero-order valence-corrected chi connectivity index (χ0v) is 13.9. The smallest absolute Gasteiger partial charge is 0.222 e. The third kappa shape index (κ3) is 2.87. The van der Waals surface area contributed by atoms with Crippen molar-refractivity contribution in [3.05, 3.63) is 34.6 Å². The van der Waals surface area contributed by atoms with E-state index in [2.05, 4.69) is 9.80 Å². The first-order valence-electron chi connectivity index (χ1n) is 8.56. The number of benzene rings is 1. The first-order chi connectivity index (χ1) is 11.1. The SMILES string of the molecule is O=C1CCC[C@H]2[C@H]3C[C@@H](CN(Cc4c(F)cccc4Cl)C3)CN12. The lowest BCUT2D eigenvalue weighted by molar-refractivity contribution is -0.145. The Morgan fingerprint density at radius 2 is 2.13 bits per heavy atom. The van der Waals surface area contributed by atoms with Gasteiger partial charge in [0.05, 0.1) is 0 Å². The molecule has 0 unspecified atom stereocenters. The summed E-state index contributed by atoms with van der Waals surface area (Å²) in [5.41, 5.74) is 0.603. The fraction of sp³-hybridized carbons (Fsp3) is 0.611. The summed E-state index contributed by atoms with van der Waals surface area (Å²) in [5.74, 6) is 1.15. The summed E-state index contributed by atoms with van der Waals surface area (Å²) in [6.07, 6.45) is 4.05. The van der Waals surface area contributed by atoms with Gasteiger partial charge in [-0.15, -0.1) is 0 Å². The largest absolute Gasteiger partial charge is 0.339 e. The van der Waals surface area contributed by atoms with Gasteiger partial charge in [0.1, 0.15) is 5.82 Å². The molecule has 0 N–H and O–H groups in total. The van der Waals surface area contributed by atoms with Crippen LogP contribution in [0.5, 0.6) is 0 Å². The number of carbonyl (C=O) groups excluding carboxylic acids is 1. The highest BCUT2D eigenvalue weighted by Crippen LogP contribution is 2.38. The zero-order chi connectivity index (χ0) is 16.0. The molecule has 2 bridgehead atoms. The molecule has 1 aromatic rings. The van der Waals surface area contributed by atoms with E-state index >= 15 is 0 Å². The minimum Gasteiger partial charge on any atom is -0.339 e. The number of amides is 1. The summed E-state index contributed by atoms with van der Waals surface area (Å²) in [4.78, 5) is 16.6. The monoisotopic (exact) mass is 336 g/mol. The average Bonchev–Trinajstić information content (AvgIpc) is 2.52. The van der Waals surface area contributed by atoms with Crippen molar-refractivity contribution >= 4 is 17.5 Å². The quantitative estimate of drug-likeness (QED) is 0.827. The second kappa shape index (κ2) is 6.06. The van der Waals surface area contributed by atoms with Gasteiger partial charge in [0.25, 0.3) is 0 Å². The Hall–Kier alpha value is -1.13. The number of hydrogen-bond donors (Lipinski definition) is 0. The molecule has 1 aromatic carbocycles. The van der Waals surface area contributed by atoms with Gasteiger partial charge in [-0.2, -0.15) is 0 Å². The number of piperidine rings is 3. The highest BCUT2D eigenvalue weighted by atomic mass is 35.5. The molecule has 23 heavy (non-hydrogen) atoms. The van der Waals surface area contributed by atoms with E-state index in [0.29, 0.717) is 47.3 Å². The van der Waals surface area contributed by atoms with Crippen molar-refractivity contribution in [1.29, 1.82) is 0 Å². The van der Waals surface area contributed by atoms with Crippen LogP contribution < -0.4 is 0 Å². The summed E-state index contributed by atoms with van der Waals surface area (Å²) in [6, 6.07) is 5.28. The molecular formula is C18H22ClFN2O. The van der Waals surface area contributed by atoms with Crippen LogP contribution in [0.3, 0.4) is 0 Å². The zero-order valence-electron chi connectivity index (χ0n) is 13.2. The normalized spacial score (nSPS) is 31.1. The topological polar surface area (TPSA) is 23.6 Å². The van der Waals surface area contributed by atoms with E-state index in [-0.39, 0.29) is 5.82 Å². The van der Waals surface area contributed by atoms with Gasteiger partial charge < -0.3 is 4.90 Å². The molecule has 124 valence electrons. The minimum absolute atomic E-state index is 0.220. The first-order valence-corrected chi connectivity index (χ1v) is 8.94. The van der Waals surface area contributed by atoms with Crippen molar-refractivity contribution in [2.75, 3.05) is 19.6 Å². The van der Waals surface area contributed by atoms with E-state index in [1.165, 1.54) is 12.5 Å². The predicted octanol–water partition coefficient (Wildman–Crippen LogP) is 3.31. The lowest BCUT2D eigenvalue weighted by Crippen LogP contribution is -2.60. The fourth-order valence-electron chi connectivity index (χ4n) is 4.75. The highest BCUT2D eigenvalue weighted by Gasteiger charge is 2.43. The Balaban J connectivity index is 1.51. The molecule has 0 saturated carbocycles. The molecule has 1 amide bonds. The lowest BCUT2D eigenvalue weighted by atomic mass is 9.76. The standard InChI is InChI=1S/C18H22ClFN2O/c19-15-3-1-4-16(20)14(15)11-21-8-12-7-13(10-21)17-5-2-6-18(23)22(17)9-12/h1,3-4,12-13,17H,2,5-11H2/t12-,13-,17-/m0/s1. The second-order valence-corrected chi connectivity index (χ2v) is 7.67. The van der Waals surface area contributed by atoms with Crippen molar-refractivity contribution in [3.8, 4) is 0 Å². The van der Waals surface area contributed by atoms with Crippen LogP contribution in [0.2, 0.25) is 5.02 Å². The van der Waals surface area contributed by atoms with Crippen LogP contribution in [0.15, 0.2) is 18.2 Å². The Kier molecular flexibility index (Phi) is 4.06. The lowest BCUT2D eigenvalue weighted by Gasteiger charge is -2.52. The first kappa shape index (κ1) is 15.4. The number of fused-ring (bicyclic) bond motifs is 4. The summed E-state index contributed by atoms with van der Waals surface area (Å²) in [5, 5.41) is 0.509. The number of likely N-dealkylation sites (tertiary alicyclic amines) is 1. The number of halogens is 2. The molecule has 0 aromatic heterocycles. The van der Waals surface area contributed by atoms with Crippen molar-refractivity contribution in [2.45, 2.75) is 38.3 Å². The van der Waals surface area contributed by atoms with Crippen molar-refractivity contribution < 1.29 is 9.18 Å². The third-order valence-electron chi connectivity index (χ3n) is 5.70. The van der Waals surface area contributed by atoms with Crippen LogP contribution in [0.25, 0.3) is 0 Å². The van der Waals surface area contributed by atoms with Crippen LogP contribution in [-0.4, -0.2) is 41.4 Å². The van der Waals surface area contributed by atoms with E-state index in [1.54, 1.807) is 12.1 Å². The molecule has 3 saturated heterocycles. The minimum atomic E-state index is -0.220. The van der Waals surface area contributed by atoms with Gasteiger partial charge in [-0.05, 0) is 43.2 Å². The summed E-state index contributed by atoms with van der Waals surface area (Å²) in [6.45, 7) is 3.31. The number of nitrogens with zero attached hydrogens (tertiary/aromatic N) is 2. The van der Waals surface area contributed by atoms with Gasteiger partial charge in [-0.25, -0.2) is 4.39 Å². The Bertz CT molecular complexity index is 603. The van der Waals surface area contributed by atoms with Crippen LogP contribution in [0.1, 0.15) is 31.2 Å². The van der Waals surface area contributed by atoms with Crippen LogP contribution in [0.4, 0.5) is 4.39 Å². The van der Waals surface area contributed by atoms with Crippen LogP contribution in [-0.2, 0) is 11.3 Å². The van der Waals surface area contributed by atoms with Crippen LogP contribution >= 0.6 is 11.6 Å². The Morgan fingerprint density at radius 1 is 1.26 bits per heavy atom. The number of hydrogen-bond acceptors (Lipinski definition) is 2. The van der Waals surface area contributed by atoms with Gasteiger partial charge in [0, 0.05) is 49.2 Å². The number of rotatable bonds is 2. The molecule has 3 heterocycles. The van der Waals surface area contributed by atoms with E-state index < -0.39 is 0 Å². The van der Waals surface area contributed by atoms with E-state index in [1.807, 2.05) is 0 Å². The second-order valence-electron chi connectivity index (χ2n) is 7.26. The van der Waals surface area contributed by atoms with E-state index in [0.717, 1.165) is 32.5 Å². The van der Waals surface area contributed by atoms with Crippen molar-refractivity contribution in [2.24, 2.45) is 11.8 Å². The third-order valence-corrected chi connectivity index (χ3v) is 6.05. The van der Waals surface area contributed by atoms with Crippen molar-refractivity contribution in [3.63, 3.8) is 0 Å². The molecule has 3 fully saturated rings. The summed E-state index contributed by atoms with van der Waals surface area (Å²) < 4.78 is 14.1. The van der Waals surface area contributed by atoms with E-state index in [9.17, 15) is 9.18 Å². The van der Waals surface area contributed by atoms with Gasteiger partial charge >= 0.3 is 0 Å². The molecule has 0 spiro atoms. The molecule has 3 aliphatic heterocycles. The maximum atomic E-state index is 14.1. The molecule has 3 aliphatic rings. The number of carbonyl (C=O) groups is 1. The molecule has 5 heteroatoms. The van der Waals surface area contributed by atoms with Gasteiger partial charge in [0.2, 0.25) is 5.91 Å². The van der Waals surface area contributed by atoms with Crippen LogP contribution in [0, 0.1) is 17.7 Å². The maximum Gasteiger partial charge on any atom is 0.222 e. The van der Waals surface area contributed by atoms with E-state index in [4.69, 9.17) is 11.6 Å². The fourth-order valence-corrected chi connectivity index (χ4v) is 4.97. The summed E-state index contributed by atoms with van der Waals surface area (Å²) >= 11 is 6.18. The van der Waals surface area contributed by atoms with Gasteiger partial charge in [0.15, 0.2) is 0 Å². The van der Waals surface area contributed by atoms with Gasteiger partial charge in [-0.1, -0.05) is 17.7 Å². The average molecular weight is 337 g/mol. The predicted molar refractivity (Wildman–Crippen MR) is 87.6 cm³/mol. The molecule has 0 radical (unpaired) electrons. The summed E-state index contributed by atoms with van der Waals surface area (Å²) in [7, 11) is 0. The van der Waals surface area contributed by atoms with Crippen molar-refractivity contribution in [1.82, 2.24) is 9.80 Å². The molecular weight excluding hydrogens is 315 g/mol. The highest BCUT2D eigenvalue weighted by molar-refractivity contribution is 6.31. The Labute approximate surface area is 141 Å². The molecule has 0 aliphatic carbocycles. The van der Waals surface area contributed by atoms with Gasteiger partial charge in [-0.3, -0.25) is 9.69 Å². The maximum absolute atomic E-state index is 14.1. The molecule has 4 rings (SSSR count). The Morgan fingerprint density at radius 3 is 2.96 bits per heavy atom.